The topological polar surface area (TPSA) is 43.8 Å². The number of hydrogen-bond acceptors (Lipinski definition) is 2. The minimum absolute atomic E-state index is 0.134. The Hall–Kier alpha value is -1.65. The highest BCUT2D eigenvalue weighted by molar-refractivity contribution is 5.79. The highest BCUT2D eigenvalue weighted by Gasteiger charge is 2.26. The molecule has 0 fully saturated rings. The van der Waals surface area contributed by atoms with Crippen LogP contribution in [0.2, 0.25) is 0 Å². The van der Waals surface area contributed by atoms with Crippen molar-refractivity contribution in [3.63, 3.8) is 0 Å². The molecule has 0 bridgehead atoms. The first-order valence-electron chi connectivity index (χ1n) is 5.51. The van der Waals surface area contributed by atoms with Crippen LogP contribution in [0, 0.1) is 11.6 Å². The maximum atomic E-state index is 13.8. The highest BCUT2D eigenvalue weighted by Crippen LogP contribution is 2.31. The molecule has 1 aromatic heterocycles. The van der Waals surface area contributed by atoms with Gasteiger partial charge in [-0.05, 0) is 32.4 Å². The van der Waals surface area contributed by atoms with E-state index in [9.17, 15) is 8.78 Å². The molecule has 1 aromatic carbocycles. The lowest BCUT2D eigenvalue weighted by molar-refractivity contribution is 0.353. The molecule has 0 radical (unpaired) electrons. The molecule has 3 nitrogen and oxygen atoms in total. The Labute approximate surface area is 98.2 Å². The zero-order valence-corrected chi connectivity index (χ0v) is 10.1. The van der Waals surface area contributed by atoms with Crippen molar-refractivity contribution in [2.45, 2.75) is 32.7 Å². The number of fused-ring (bicyclic) bond motifs is 1. The van der Waals surface area contributed by atoms with E-state index in [1.54, 1.807) is 4.57 Å². The summed E-state index contributed by atoms with van der Waals surface area (Å²) in [5, 5.41) is 0. The van der Waals surface area contributed by atoms with Crippen LogP contribution in [0.1, 0.15) is 27.2 Å². The van der Waals surface area contributed by atoms with E-state index in [1.807, 2.05) is 20.8 Å². The van der Waals surface area contributed by atoms with Gasteiger partial charge >= 0.3 is 0 Å². The predicted octanol–water partition coefficient (Wildman–Crippen LogP) is 3.04. The van der Waals surface area contributed by atoms with Gasteiger partial charge in [-0.25, -0.2) is 13.8 Å². The molecule has 1 heterocycles. The van der Waals surface area contributed by atoms with Gasteiger partial charge in [-0.15, -0.1) is 0 Å². The molecule has 2 N–H and O–H groups in total. The fourth-order valence-electron chi connectivity index (χ4n) is 1.89. The standard InChI is InChI=1S/C12H15F2N3/c1-4-12(2,3)17-10-8(16-11(17)15)6-5-7(13)9(10)14/h5-6H,4H2,1-3H3,(H2,15,16). The summed E-state index contributed by atoms with van der Waals surface area (Å²) in [6.07, 6.45) is 0.735. The largest absolute Gasteiger partial charge is 0.369 e. The van der Waals surface area contributed by atoms with E-state index in [2.05, 4.69) is 4.98 Å². The average molecular weight is 239 g/mol. The van der Waals surface area contributed by atoms with Crippen LogP contribution in [-0.4, -0.2) is 9.55 Å². The lowest BCUT2D eigenvalue weighted by Crippen LogP contribution is -2.27. The Morgan fingerprint density at radius 2 is 2.00 bits per heavy atom. The van der Waals surface area contributed by atoms with E-state index in [4.69, 9.17) is 5.73 Å². The average Bonchev–Trinajstić information content (AvgIpc) is 2.61. The Bertz CT molecular complexity index is 573. The summed E-state index contributed by atoms with van der Waals surface area (Å²) in [7, 11) is 0. The lowest BCUT2D eigenvalue weighted by atomic mass is 10.0. The quantitative estimate of drug-likeness (QED) is 0.875. The van der Waals surface area contributed by atoms with Gasteiger partial charge in [0.2, 0.25) is 5.95 Å². The van der Waals surface area contributed by atoms with Gasteiger partial charge in [0.1, 0.15) is 5.52 Å². The second-order valence-corrected chi connectivity index (χ2v) is 4.70. The second kappa shape index (κ2) is 3.68. The van der Waals surface area contributed by atoms with Crippen molar-refractivity contribution < 1.29 is 8.78 Å². The normalized spacial score (nSPS) is 12.3. The first-order valence-corrected chi connectivity index (χ1v) is 5.51. The van der Waals surface area contributed by atoms with Crippen LogP contribution in [0.25, 0.3) is 11.0 Å². The van der Waals surface area contributed by atoms with E-state index >= 15 is 0 Å². The van der Waals surface area contributed by atoms with Crippen molar-refractivity contribution in [3.05, 3.63) is 23.8 Å². The lowest BCUT2D eigenvalue weighted by Gasteiger charge is -2.26. The number of imidazole rings is 1. The molecular weight excluding hydrogens is 224 g/mol. The fraction of sp³-hybridized carbons (Fsp3) is 0.417. The van der Waals surface area contributed by atoms with Crippen molar-refractivity contribution in [1.29, 1.82) is 0 Å². The Morgan fingerprint density at radius 3 is 2.59 bits per heavy atom. The smallest absolute Gasteiger partial charge is 0.201 e. The molecule has 0 aliphatic heterocycles. The monoisotopic (exact) mass is 239 g/mol. The van der Waals surface area contributed by atoms with E-state index < -0.39 is 17.2 Å². The van der Waals surface area contributed by atoms with Crippen molar-refractivity contribution >= 4 is 17.0 Å². The number of benzene rings is 1. The van der Waals surface area contributed by atoms with Crippen molar-refractivity contribution in [3.8, 4) is 0 Å². The third kappa shape index (κ3) is 1.66. The van der Waals surface area contributed by atoms with Gasteiger partial charge in [-0.1, -0.05) is 6.92 Å². The van der Waals surface area contributed by atoms with E-state index in [0.717, 1.165) is 12.5 Å². The van der Waals surface area contributed by atoms with Crippen molar-refractivity contribution in [1.82, 2.24) is 9.55 Å². The fourth-order valence-corrected chi connectivity index (χ4v) is 1.89. The molecule has 5 heteroatoms. The Morgan fingerprint density at radius 1 is 1.35 bits per heavy atom. The minimum Gasteiger partial charge on any atom is -0.369 e. The molecule has 92 valence electrons. The SMILES string of the molecule is CCC(C)(C)n1c(N)nc2ccc(F)c(F)c21. The molecular formula is C12H15F2N3. The van der Waals surface area contributed by atoms with Gasteiger partial charge < -0.3 is 10.3 Å². The summed E-state index contributed by atoms with van der Waals surface area (Å²) in [4.78, 5) is 4.06. The number of nitrogen functional groups attached to an aromatic ring is 1. The number of hydrogen-bond donors (Lipinski definition) is 1. The molecule has 17 heavy (non-hydrogen) atoms. The number of anilines is 1. The van der Waals surface area contributed by atoms with Crippen molar-refractivity contribution in [2.75, 3.05) is 5.73 Å². The maximum absolute atomic E-state index is 13.8. The zero-order valence-electron chi connectivity index (χ0n) is 10.1. The van der Waals surface area contributed by atoms with Crippen LogP contribution < -0.4 is 5.73 Å². The van der Waals surface area contributed by atoms with Crippen LogP contribution in [0.4, 0.5) is 14.7 Å². The second-order valence-electron chi connectivity index (χ2n) is 4.70. The van der Waals surface area contributed by atoms with Crippen LogP contribution in [0.15, 0.2) is 12.1 Å². The number of nitrogens with two attached hydrogens (primary N) is 1. The van der Waals surface area contributed by atoms with Gasteiger partial charge in [0.15, 0.2) is 11.6 Å². The molecule has 0 saturated heterocycles. The summed E-state index contributed by atoms with van der Waals surface area (Å²) in [5.74, 6) is -1.57. The molecule has 0 unspecified atom stereocenters. The molecule has 0 atom stereocenters. The van der Waals surface area contributed by atoms with Crippen LogP contribution in [0.5, 0.6) is 0 Å². The number of aromatic nitrogens is 2. The van der Waals surface area contributed by atoms with E-state index in [1.165, 1.54) is 6.07 Å². The van der Waals surface area contributed by atoms with E-state index in [-0.39, 0.29) is 11.5 Å². The van der Waals surface area contributed by atoms with Crippen LogP contribution in [0.3, 0.4) is 0 Å². The van der Waals surface area contributed by atoms with Gasteiger partial charge in [0.25, 0.3) is 0 Å². The molecule has 0 spiro atoms. The Balaban J connectivity index is 2.87. The molecule has 0 amide bonds. The molecule has 0 aliphatic rings. The predicted molar refractivity (Wildman–Crippen MR) is 63.7 cm³/mol. The number of halogens is 2. The van der Waals surface area contributed by atoms with Gasteiger partial charge in [0, 0.05) is 5.54 Å². The summed E-state index contributed by atoms with van der Waals surface area (Å²) in [6, 6.07) is 2.50. The summed E-state index contributed by atoms with van der Waals surface area (Å²) < 4.78 is 28.7. The summed E-state index contributed by atoms with van der Waals surface area (Å²) >= 11 is 0. The highest BCUT2D eigenvalue weighted by atomic mass is 19.2. The maximum Gasteiger partial charge on any atom is 0.201 e. The molecule has 2 aromatic rings. The molecule has 0 aliphatic carbocycles. The summed E-state index contributed by atoms with van der Waals surface area (Å²) in [6.45, 7) is 5.78. The van der Waals surface area contributed by atoms with Crippen LogP contribution >= 0.6 is 0 Å². The van der Waals surface area contributed by atoms with Gasteiger partial charge in [-0.3, -0.25) is 0 Å². The first-order chi connectivity index (χ1) is 7.88. The minimum atomic E-state index is -0.895. The van der Waals surface area contributed by atoms with Gasteiger partial charge in [0.05, 0.1) is 5.52 Å². The number of rotatable bonds is 2. The third-order valence-electron chi connectivity index (χ3n) is 3.21. The third-order valence-corrected chi connectivity index (χ3v) is 3.21. The van der Waals surface area contributed by atoms with Crippen LogP contribution in [-0.2, 0) is 5.54 Å². The zero-order chi connectivity index (χ0) is 12.8. The number of nitrogens with zero attached hydrogens (tertiary/aromatic N) is 2. The molecule has 0 saturated carbocycles. The Kier molecular flexibility index (Phi) is 2.56. The van der Waals surface area contributed by atoms with Crippen molar-refractivity contribution in [2.24, 2.45) is 0 Å². The first kappa shape index (κ1) is 11.8. The van der Waals surface area contributed by atoms with Gasteiger partial charge in [-0.2, -0.15) is 0 Å². The molecule has 2 rings (SSSR count). The summed E-state index contributed by atoms with van der Waals surface area (Å²) in [5.41, 5.74) is 5.90. The van der Waals surface area contributed by atoms with E-state index in [0.29, 0.717) is 5.52 Å².